The standard InChI is InChI=1S/C15H32N2O/c1-4-17(13-15-8-6-12-18-15)11-10-16-9-5-7-14(2)3/h14-16H,4-13H2,1-3H3. The van der Waals surface area contributed by atoms with E-state index in [0.29, 0.717) is 6.10 Å². The molecule has 3 nitrogen and oxygen atoms in total. The molecule has 1 atom stereocenters. The molecule has 1 aliphatic heterocycles. The van der Waals surface area contributed by atoms with E-state index in [1.165, 1.54) is 25.7 Å². The molecule has 0 bridgehead atoms. The topological polar surface area (TPSA) is 24.5 Å². The van der Waals surface area contributed by atoms with Gasteiger partial charge in [0.25, 0.3) is 0 Å². The maximum atomic E-state index is 5.69. The summed E-state index contributed by atoms with van der Waals surface area (Å²) in [5.41, 5.74) is 0. The first kappa shape index (κ1) is 15.9. The molecule has 0 aromatic heterocycles. The molecule has 108 valence electrons. The van der Waals surface area contributed by atoms with Gasteiger partial charge in [0.2, 0.25) is 0 Å². The molecule has 1 unspecified atom stereocenters. The first-order chi connectivity index (χ1) is 8.72. The third kappa shape index (κ3) is 7.34. The van der Waals surface area contributed by atoms with Gasteiger partial charge in [0.1, 0.15) is 0 Å². The van der Waals surface area contributed by atoms with Gasteiger partial charge in [-0.25, -0.2) is 0 Å². The van der Waals surface area contributed by atoms with Crippen LogP contribution in [0.5, 0.6) is 0 Å². The monoisotopic (exact) mass is 256 g/mol. The van der Waals surface area contributed by atoms with Crippen LogP contribution in [-0.4, -0.2) is 50.3 Å². The highest BCUT2D eigenvalue weighted by Crippen LogP contribution is 2.12. The van der Waals surface area contributed by atoms with Crippen molar-refractivity contribution in [1.29, 1.82) is 0 Å². The fraction of sp³-hybridized carbons (Fsp3) is 1.00. The summed E-state index contributed by atoms with van der Waals surface area (Å²) in [5, 5.41) is 3.55. The molecule has 0 aromatic rings. The van der Waals surface area contributed by atoms with Crippen LogP contribution in [0, 0.1) is 5.92 Å². The Labute approximate surface area is 113 Å². The van der Waals surface area contributed by atoms with Gasteiger partial charge in [0.15, 0.2) is 0 Å². The van der Waals surface area contributed by atoms with Crippen molar-refractivity contribution in [3.8, 4) is 0 Å². The number of hydrogen-bond acceptors (Lipinski definition) is 3. The van der Waals surface area contributed by atoms with Crippen LogP contribution >= 0.6 is 0 Å². The summed E-state index contributed by atoms with van der Waals surface area (Å²) in [6.07, 6.45) is 5.62. The van der Waals surface area contributed by atoms with Gasteiger partial charge in [0.05, 0.1) is 6.10 Å². The lowest BCUT2D eigenvalue weighted by Gasteiger charge is -2.23. The molecule has 3 heteroatoms. The van der Waals surface area contributed by atoms with Gasteiger partial charge in [-0.15, -0.1) is 0 Å². The molecule has 1 heterocycles. The smallest absolute Gasteiger partial charge is 0.0702 e. The number of ether oxygens (including phenoxy) is 1. The first-order valence-electron chi connectivity index (χ1n) is 7.77. The highest BCUT2D eigenvalue weighted by atomic mass is 16.5. The van der Waals surface area contributed by atoms with Gasteiger partial charge in [-0.1, -0.05) is 20.8 Å². The number of rotatable bonds is 10. The van der Waals surface area contributed by atoms with Gasteiger partial charge in [-0.05, 0) is 44.7 Å². The Morgan fingerprint density at radius 3 is 2.78 bits per heavy atom. The lowest BCUT2D eigenvalue weighted by molar-refractivity contribution is 0.0751. The van der Waals surface area contributed by atoms with Crippen molar-refractivity contribution >= 4 is 0 Å². The van der Waals surface area contributed by atoms with E-state index >= 15 is 0 Å². The molecule has 0 radical (unpaired) electrons. The van der Waals surface area contributed by atoms with Crippen molar-refractivity contribution in [3.05, 3.63) is 0 Å². The van der Waals surface area contributed by atoms with E-state index in [-0.39, 0.29) is 0 Å². The Kier molecular flexibility index (Phi) is 8.64. The molecule has 18 heavy (non-hydrogen) atoms. The van der Waals surface area contributed by atoms with Gasteiger partial charge in [-0.3, -0.25) is 4.90 Å². The summed E-state index contributed by atoms with van der Waals surface area (Å²) in [4.78, 5) is 2.51. The van der Waals surface area contributed by atoms with E-state index in [1.807, 2.05) is 0 Å². The van der Waals surface area contributed by atoms with Crippen LogP contribution in [0.25, 0.3) is 0 Å². The zero-order valence-electron chi connectivity index (χ0n) is 12.6. The largest absolute Gasteiger partial charge is 0.377 e. The molecule has 1 fully saturated rings. The van der Waals surface area contributed by atoms with Crippen LogP contribution in [0.4, 0.5) is 0 Å². The van der Waals surface area contributed by atoms with Gasteiger partial charge < -0.3 is 10.1 Å². The minimum atomic E-state index is 0.492. The normalized spacial score (nSPS) is 20.2. The zero-order valence-corrected chi connectivity index (χ0v) is 12.6. The molecule has 1 N–H and O–H groups in total. The lowest BCUT2D eigenvalue weighted by atomic mass is 10.1. The molecular weight excluding hydrogens is 224 g/mol. The number of nitrogens with zero attached hydrogens (tertiary/aromatic N) is 1. The van der Waals surface area contributed by atoms with Crippen molar-refractivity contribution in [3.63, 3.8) is 0 Å². The van der Waals surface area contributed by atoms with Crippen LogP contribution in [-0.2, 0) is 4.74 Å². The predicted molar refractivity (Wildman–Crippen MR) is 78.0 cm³/mol. The van der Waals surface area contributed by atoms with Crippen molar-refractivity contribution in [2.45, 2.75) is 52.6 Å². The summed E-state index contributed by atoms with van der Waals surface area (Å²) in [7, 11) is 0. The Morgan fingerprint density at radius 2 is 2.17 bits per heavy atom. The maximum absolute atomic E-state index is 5.69. The van der Waals surface area contributed by atoms with E-state index in [0.717, 1.165) is 45.2 Å². The average Bonchev–Trinajstić information content (AvgIpc) is 2.84. The molecule has 0 aromatic carbocycles. The second kappa shape index (κ2) is 9.76. The molecule has 1 rings (SSSR count). The third-order valence-electron chi connectivity index (χ3n) is 3.67. The van der Waals surface area contributed by atoms with Gasteiger partial charge >= 0.3 is 0 Å². The number of hydrogen-bond donors (Lipinski definition) is 1. The van der Waals surface area contributed by atoms with Crippen LogP contribution in [0.1, 0.15) is 46.5 Å². The summed E-state index contributed by atoms with van der Waals surface area (Å²) in [6, 6.07) is 0. The third-order valence-corrected chi connectivity index (χ3v) is 3.67. The van der Waals surface area contributed by atoms with E-state index in [1.54, 1.807) is 0 Å². The predicted octanol–water partition coefficient (Wildman–Crippen LogP) is 2.51. The Morgan fingerprint density at radius 1 is 1.33 bits per heavy atom. The second-order valence-corrected chi connectivity index (χ2v) is 5.81. The fourth-order valence-corrected chi connectivity index (χ4v) is 2.45. The average molecular weight is 256 g/mol. The minimum Gasteiger partial charge on any atom is -0.377 e. The van der Waals surface area contributed by atoms with Crippen molar-refractivity contribution in [2.75, 3.05) is 39.3 Å². The summed E-state index contributed by atoms with van der Waals surface area (Å²) in [5.74, 6) is 0.832. The van der Waals surface area contributed by atoms with Crippen molar-refractivity contribution in [2.24, 2.45) is 5.92 Å². The van der Waals surface area contributed by atoms with E-state index < -0.39 is 0 Å². The van der Waals surface area contributed by atoms with Crippen LogP contribution in [0.2, 0.25) is 0 Å². The molecule has 1 saturated heterocycles. The quantitative estimate of drug-likeness (QED) is 0.608. The minimum absolute atomic E-state index is 0.492. The maximum Gasteiger partial charge on any atom is 0.0702 e. The van der Waals surface area contributed by atoms with Crippen LogP contribution < -0.4 is 5.32 Å². The van der Waals surface area contributed by atoms with Crippen molar-refractivity contribution in [1.82, 2.24) is 10.2 Å². The Bertz CT molecular complexity index is 191. The van der Waals surface area contributed by atoms with Gasteiger partial charge in [-0.2, -0.15) is 0 Å². The zero-order chi connectivity index (χ0) is 13.2. The van der Waals surface area contributed by atoms with Crippen LogP contribution in [0.15, 0.2) is 0 Å². The first-order valence-corrected chi connectivity index (χ1v) is 7.77. The SMILES string of the molecule is CCN(CCNCCCC(C)C)CC1CCCO1. The highest BCUT2D eigenvalue weighted by molar-refractivity contribution is 4.70. The lowest BCUT2D eigenvalue weighted by Crippen LogP contribution is -2.37. The summed E-state index contributed by atoms with van der Waals surface area (Å²) < 4.78 is 5.69. The Balaban J connectivity index is 1.97. The molecular formula is C15H32N2O. The molecule has 0 aliphatic carbocycles. The summed E-state index contributed by atoms with van der Waals surface area (Å²) in [6.45, 7) is 13.5. The number of likely N-dealkylation sites (N-methyl/N-ethyl adjacent to an activating group) is 1. The van der Waals surface area contributed by atoms with Gasteiger partial charge in [0, 0.05) is 26.2 Å². The second-order valence-electron chi connectivity index (χ2n) is 5.81. The molecule has 1 aliphatic rings. The highest BCUT2D eigenvalue weighted by Gasteiger charge is 2.17. The molecule has 0 saturated carbocycles. The Hall–Kier alpha value is -0.120. The fourth-order valence-electron chi connectivity index (χ4n) is 2.45. The van der Waals surface area contributed by atoms with E-state index in [9.17, 15) is 0 Å². The molecule has 0 amide bonds. The van der Waals surface area contributed by atoms with Crippen LogP contribution in [0.3, 0.4) is 0 Å². The number of nitrogens with one attached hydrogen (secondary N) is 1. The van der Waals surface area contributed by atoms with E-state index in [4.69, 9.17) is 4.74 Å². The molecule has 0 spiro atoms. The van der Waals surface area contributed by atoms with Crippen molar-refractivity contribution < 1.29 is 4.74 Å². The summed E-state index contributed by atoms with van der Waals surface area (Å²) >= 11 is 0. The van der Waals surface area contributed by atoms with E-state index in [2.05, 4.69) is 31.0 Å².